The predicted octanol–water partition coefficient (Wildman–Crippen LogP) is 1.20. The average Bonchev–Trinajstić information content (AvgIpc) is 2.34. The van der Waals surface area contributed by atoms with Crippen LogP contribution in [0.5, 0.6) is 0 Å². The summed E-state index contributed by atoms with van der Waals surface area (Å²) < 4.78 is 5.58. The molecule has 0 spiro atoms. The van der Waals surface area contributed by atoms with Gasteiger partial charge in [0.2, 0.25) is 0 Å². The zero-order chi connectivity index (χ0) is 13.9. The molecule has 0 aromatic carbocycles. The van der Waals surface area contributed by atoms with Crippen LogP contribution in [0.1, 0.15) is 38.5 Å². The number of hydrogen-bond donors (Lipinski definition) is 2. The summed E-state index contributed by atoms with van der Waals surface area (Å²) in [4.78, 5) is 24.7. The molecule has 6 heteroatoms. The van der Waals surface area contributed by atoms with Crippen LogP contribution < -0.4 is 5.32 Å². The standard InChI is InChI=1S/C13H22N2O4/c1-15(9-10-5-2-3-8-19-10)12(18)14-13(11(16)17)6-4-7-13/h10H,2-9H2,1H3,(H,14,18)(H,16,17). The van der Waals surface area contributed by atoms with Crippen LogP contribution in [0.4, 0.5) is 4.79 Å². The first-order chi connectivity index (χ1) is 9.03. The minimum absolute atomic E-state index is 0.0756. The van der Waals surface area contributed by atoms with Crippen molar-refractivity contribution in [3.05, 3.63) is 0 Å². The van der Waals surface area contributed by atoms with Gasteiger partial charge in [0.05, 0.1) is 6.10 Å². The van der Waals surface area contributed by atoms with Crippen LogP contribution in [0.15, 0.2) is 0 Å². The average molecular weight is 270 g/mol. The number of carbonyl (C=O) groups is 2. The third-order valence-corrected chi connectivity index (χ3v) is 4.06. The van der Waals surface area contributed by atoms with Gasteiger partial charge in [-0.3, -0.25) is 0 Å². The molecule has 1 aliphatic heterocycles. The highest BCUT2D eigenvalue weighted by molar-refractivity contribution is 5.87. The highest BCUT2D eigenvalue weighted by atomic mass is 16.5. The molecule has 0 radical (unpaired) electrons. The van der Waals surface area contributed by atoms with Crippen molar-refractivity contribution in [2.45, 2.75) is 50.2 Å². The second-order valence-corrected chi connectivity index (χ2v) is 5.54. The number of carbonyl (C=O) groups excluding carboxylic acids is 1. The lowest BCUT2D eigenvalue weighted by Gasteiger charge is -2.39. The Bertz CT molecular complexity index is 349. The van der Waals surface area contributed by atoms with Gasteiger partial charge in [-0.15, -0.1) is 0 Å². The van der Waals surface area contributed by atoms with E-state index in [-0.39, 0.29) is 12.1 Å². The van der Waals surface area contributed by atoms with Gasteiger partial charge in [0.1, 0.15) is 5.54 Å². The van der Waals surface area contributed by atoms with Gasteiger partial charge in [-0.25, -0.2) is 9.59 Å². The largest absolute Gasteiger partial charge is 0.480 e. The molecule has 0 aromatic rings. The molecule has 2 aliphatic rings. The van der Waals surface area contributed by atoms with Crippen LogP contribution in [0.25, 0.3) is 0 Å². The van der Waals surface area contributed by atoms with E-state index in [0.717, 1.165) is 32.3 Å². The molecule has 6 nitrogen and oxygen atoms in total. The van der Waals surface area contributed by atoms with Crippen molar-refractivity contribution in [3.8, 4) is 0 Å². The number of urea groups is 1. The molecule has 2 rings (SSSR count). The Hall–Kier alpha value is -1.30. The van der Waals surface area contributed by atoms with Crippen molar-refractivity contribution in [1.82, 2.24) is 10.2 Å². The zero-order valence-electron chi connectivity index (χ0n) is 11.4. The number of carboxylic acid groups (broad SMARTS) is 1. The Labute approximate surface area is 113 Å². The fourth-order valence-corrected chi connectivity index (χ4v) is 2.56. The Morgan fingerprint density at radius 1 is 1.37 bits per heavy atom. The third-order valence-electron chi connectivity index (χ3n) is 4.06. The maximum atomic E-state index is 12.0. The van der Waals surface area contributed by atoms with Gasteiger partial charge in [-0.2, -0.15) is 0 Å². The number of ether oxygens (including phenoxy) is 1. The SMILES string of the molecule is CN(CC1CCCCO1)C(=O)NC1(C(=O)O)CCC1. The maximum absolute atomic E-state index is 12.0. The van der Waals surface area contributed by atoms with Gasteiger partial charge in [-0.05, 0) is 38.5 Å². The Balaban J connectivity index is 1.83. The summed E-state index contributed by atoms with van der Waals surface area (Å²) >= 11 is 0. The van der Waals surface area contributed by atoms with Crippen LogP contribution >= 0.6 is 0 Å². The first kappa shape index (κ1) is 14.1. The van der Waals surface area contributed by atoms with E-state index < -0.39 is 11.5 Å². The van der Waals surface area contributed by atoms with Crippen molar-refractivity contribution < 1.29 is 19.4 Å². The van der Waals surface area contributed by atoms with E-state index in [1.54, 1.807) is 7.05 Å². The lowest BCUT2D eigenvalue weighted by molar-refractivity contribution is -0.148. The molecule has 1 atom stereocenters. The van der Waals surface area contributed by atoms with Crippen molar-refractivity contribution in [2.24, 2.45) is 0 Å². The molecule has 1 saturated carbocycles. The van der Waals surface area contributed by atoms with Gasteiger partial charge < -0.3 is 20.1 Å². The molecule has 108 valence electrons. The van der Waals surface area contributed by atoms with E-state index in [2.05, 4.69) is 5.32 Å². The van der Waals surface area contributed by atoms with Gasteiger partial charge in [0.15, 0.2) is 0 Å². The molecular formula is C13H22N2O4. The van der Waals surface area contributed by atoms with Crippen molar-refractivity contribution in [2.75, 3.05) is 20.2 Å². The first-order valence-electron chi connectivity index (χ1n) is 6.92. The summed E-state index contributed by atoms with van der Waals surface area (Å²) in [6.07, 6.45) is 5.12. The molecule has 1 unspecified atom stereocenters. The monoisotopic (exact) mass is 270 g/mol. The molecule has 0 aromatic heterocycles. The van der Waals surface area contributed by atoms with Gasteiger partial charge in [-0.1, -0.05) is 0 Å². The summed E-state index contributed by atoms with van der Waals surface area (Å²) in [5, 5.41) is 11.8. The maximum Gasteiger partial charge on any atom is 0.329 e. The Kier molecular flexibility index (Phi) is 4.29. The van der Waals surface area contributed by atoms with E-state index in [0.29, 0.717) is 19.4 Å². The molecule has 0 bridgehead atoms. The fraction of sp³-hybridized carbons (Fsp3) is 0.846. The van der Waals surface area contributed by atoms with Gasteiger partial charge in [0.25, 0.3) is 0 Å². The summed E-state index contributed by atoms with van der Waals surface area (Å²) in [5.74, 6) is -0.936. The molecule has 2 fully saturated rings. The summed E-state index contributed by atoms with van der Waals surface area (Å²) in [6, 6.07) is -0.323. The quantitative estimate of drug-likeness (QED) is 0.804. The number of nitrogens with zero attached hydrogens (tertiary/aromatic N) is 1. The van der Waals surface area contributed by atoms with Crippen LogP contribution in [-0.4, -0.2) is 53.8 Å². The Morgan fingerprint density at radius 3 is 2.58 bits per heavy atom. The molecule has 2 N–H and O–H groups in total. The summed E-state index contributed by atoms with van der Waals surface area (Å²) in [6.45, 7) is 1.26. The number of hydrogen-bond acceptors (Lipinski definition) is 3. The molecule has 2 amide bonds. The first-order valence-corrected chi connectivity index (χ1v) is 6.92. The van der Waals surface area contributed by atoms with E-state index in [1.807, 2.05) is 0 Å². The number of nitrogens with one attached hydrogen (secondary N) is 1. The lowest BCUT2D eigenvalue weighted by Crippen LogP contribution is -2.61. The van der Waals surface area contributed by atoms with E-state index in [4.69, 9.17) is 4.74 Å². The summed E-state index contributed by atoms with van der Waals surface area (Å²) in [7, 11) is 1.68. The molecule has 1 saturated heterocycles. The van der Waals surface area contributed by atoms with E-state index >= 15 is 0 Å². The minimum atomic E-state index is -1.04. The highest BCUT2D eigenvalue weighted by Crippen LogP contribution is 2.32. The fourth-order valence-electron chi connectivity index (χ4n) is 2.56. The number of rotatable bonds is 4. The van der Waals surface area contributed by atoms with Crippen molar-refractivity contribution in [1.29, 1.82) is 0 Å². The molecule has 19 heavy (non-hydrogen) atoms. The van der Waals surface area contributed by atoms with Crippen molar-refractivity contribution in [3.63, 3.8) is 0 Å². The van der Waals surface area contributed by atoms with Crippen molar-refractivity contribution >= 4 is 12.0 Å². The van der Waals surface area contributed by atoms with E-state index in [1.165, 1.54) is 4.90 Å². The highest BCUT2D eigenvalue weighted by Gasteiger charge is 2.46. The number of likely N-dealkylation sites (N-methyl/N-ethyl adjacent to an activating group) is 1. The number of aliphatic carboxylic acids is 1. The second kappa shape index (κ2) is 5.77. The van der Waals surface area contributed by atoms with Crippen LogP contribution in [0.3, 0.4) is 0 Å². The third kappa shape index (κ3) is 3.18. The van der Waals surface area contributed by atoms with Crippen LogP contribution in [0, 0.1) is 0 Å². The topological polar surface area (TPSA) is 78.9 Å². The van der Waals surface area contributed by atoms with Crippen LogP contribution in [-0.2, 0) is 9.53 Å². The summed E-state index contributed by atoms with van der Waals surface area (Å²) in [5.41, 5.74) is -1.04. The smallest absolute Gasteiger partial charge is 0.329 e. The second-order valence-electron chi connectivity index (χ2n) is 5.54. The minimum Gasteiger partial charge on any atom is -0.480 e. The van der Waals surface area contributed by atoms with Crippen LogP contribution in [0.2, 0.25) is 0 Å². The van der Waals surface area contributed by atoms with E-state index in [9.17, 15) is 14.7 Å². The number of carboxylic acids is 1. The normalized spacial score (nSPS) is 25.2. The number of amides is 2. The molecule has 1 aliphatic carbocycles. The molecule has 1 heterocycles. The van der Waals surface area contributed by atoms with Gasteiger partial charge in [0, 0.05) is 20.2 Å². The Morgan fingerprint density at radius 2 is 2.11 bits per heavy atom. The lowest BCUT2D eigenvalue weighted by atomic mass is 9.77. The predicted molar refractivity (Wildman–Crippen MR) is 69.0 cm³/mol. The zero-order valence-corrected chi connectivity index (χ0v) is 11.4. The molecular weight excluding hydrogens is 248 g/mol. The van der Waals surface area contributed by atoms with Gasteiger partial charge >= 0.3 is 12.0 Å².